The van der Waals surface area contributed by atoms with E-state index in [4.69, 9.17) is 9.47 Å². The van der Waals surface area contributed by atoms with Crippen molar-refractivity contribution in [2.24, 2.45) is 5.92 Å². The maximum atomic E-state index is 12.9. The Balaban J connectivity index is 1.21. The number of anilines is 1. The van der Waals surface area contributed by atoms with Crippen LogP contribution >= 0.6 is 0 Å². The molecule has 3 aromatic rings. The summed E-state index contributed by atoms with van der Waals surface area (Å²) in [5.41, 5.74) is 3.54. The summed E-state index contributed by atoms with van der Waals surface area (Å²) in [5, 5.41) is 0. The Hall–Kier alpha value is -3.68. The number of amides is 2. The van der Waals surface area contributed by atoms with Gasteiger partial charge in [0, 0.05) is 19.2 Å². The smallest absolute Gasteiger partial charge is 0.261 e. The molecule has 1 aliphatic carbocycles. The zero-order valence-corrected chi connectivity index (χ0v) is 19.2. The Kier molecular flexibility index (Phi) is 4.90. The van der Waals surface area contributed by atoms with Crippen molar-refractivity contribution in [1.82, 2.24) is 14.9 Å². The minimum atomic E-state index is -0.157. The van der Waals surface area contributed by atoms with Crippen molar-refractivity contribution >= 4 is 28.5 Å². The number of carbonyl (C=O) groups is 2. The van der Waals surface area contributed by atoms with E-state index in [0.717, 1.165) is 48.2 Å². The third kappa shape index (κ3) is 3.12. The number of hydrogen-bond donors (Lipinski definition) is 0. The van der Waals surface area contributed by atoms with E-state index in [2.05, 4.69) is 21.9 Å². The zero-order chi connectivity index (χ0) is 23.4. The molecule has 174 valence electrons. The van der Waals surface area contributed by atoms with Gasteiger partial charge in [-0.25, -0.2) is 4.98 Å². The van der Waals surface area contributed by atoms with Crippen molar-refractivity contribution in [3.63, 3.8) is 0 Å². The summed E-state index contributed by atoms with van der Waals surface area (Å²) in [6.07, 6.45) is 5.21. The van der Waals surface area contributed by atoms with Gasteiger partial charge in [-0.05, 0) is 49.8 Å². The van der Waals surface area contributed by atoms with E-state index in [1.165, 1.54) is 4.90 Å². The fourth-order valence-electron chi connectivity index (χ4n) is 5.77. The molecule has 1 saturated carbocycles. The van der Waals surface area contributed by atoms with E-state index >= 15 is 0 Å². The Bertz CT molecular complexity index is 1260. The molecule has 0 N–H and O–H groups in total. The Morgan fingerprint density at radius 3 is 2.38 bits per heavy atom. The molecule has 1 atom stereocenters. The van der Waals surface area contributed by atoms with Gasteiger partial charge in [-0.3, -0.25) is 19.5 Å². The number of nitrogens with zero attached hydrogens (tertiary/aromatic N) is 4. The number of benzene rings is 1. The summed E-state index contributed by atoms with van der Waals surface area (Å²) in [4.78, 5) is 38.7. The van der Waals surface area contributed by atoms with Gasteiger partial charge in [0.25, 0.3) is 11.8 Å². The monoisotopic (exact) mass is 458 g/mol. The number of ether oxygens (including phenoxy) is 2. The minimum Gasteiger partial charge on any atom is -0.488 e. The zero-order valence-electron chi connectivity index (χ0n) is 19.2. The van der Waals surface area contributed by atoms with Crippen LogP contribution in [0.4, 0.5) is 5.69 Å². The first-order valence-electron chi connectivity index (χ1n) is 11.7. The fourth-order valence-corrected chi connectivity index (χ4v) is 5.77. The van der Waals surface area contributed by atoms with Crippen LogP contribution in [0.15, 0.2) is 42.6 Å². The highest BCUT2D eigenvalue weighted by Gasteiger charge is 2.43. The average Bonchev–Trinajstić information content (AvgIpc) is 3.13. The van der Waals surface area contributed by atoms with Gasteiger partial charge in [0.15, 0.2) is 5.75 Å². The molecule has 6 rings (SSSR count). The Morgan fingerprint density at radius 1 is 1.00 bits per heavy atom. The summed E-state index contributed by atoms with van der Waals surface area (Å²) in [5.74, 6) is 1.34. The normalized spacial score (nSPS) is 24.1. The molecule has 34 heavy (non-hydrogen) atoms. The van der Waals surface area contributed by atoms with Crippen molar-refractivity contribution in [3.05, 3.63) is 53.7 Å². The number of hydrogen-bond acceptors (Lipinski definition) is 7. The number of methoxy groups -OCH3 is 1. The molecule has 3 aliphatic rings. The third-order valence-electron chi connectivity index (χ3n) is 7.57. The molecule has 1 unspecified atom stereocenters. The minimum absolute atomic E-state index is 0.0540. The number of fused-ring (bicyclic) bond motifs is 4. The van der Waals surface area contributed by atoms with Gasteiger partial charge in [-0.2, -0.15) is 0 Å². The predicted molar refractivity (Wildman–Crippen MR) is 126 cm³/mol. The van der Waals surface area contributed by atoms with Gasteiger partial charge in [0.1, 0.15) is 17.8 Å². The standard InChI is InChI=1S/C26H26N4O4/c1-29-20(14-34-21-13-27-19-11-12-22(33-2)28-23(19)24(21)29)15-7-9-16(10-8-15)30-25(31)17-5-3-4-6-18(17)26(30)32/h3-6,11-13,15-16,20H,7-10,14H2,1-2H3. The molecule has 8 heteroatoms. The van der Waals surface area contributed by atoms with E-state index < -0.39 is 0 Å². The van der Waals surface area contributed by atoms with Crippen LogP contribution in [0, 0.1) is 5.92 Å². The van der Waals surface area contributed by atoms with Crippen molar-refractivity contribution < 1.29 is 19.1 Å². The molecule has 0 bridgehead atoms. The molecule has 0 spiro atoms. The first-order chi connectivity index (χ1) is 16.6. The van der Waals surface area contributed by atoms with E-state index in [1.54, 1.807) is 25.4 Å². The van der Waals surface area contributed by atoms with Crippen LogP contribution < -0.4 is 14.4 Å². The van der Waals surface area contributed by atoms with Crippen LogP contribution in [0.5, 0.6) is 11.6 Å². The number of carbonyl (C=O) groups excluding carboxylic acids is 2. The van der Waals surface area contributed by atoms with E-state index in [-0.39, 0.29) is 23.9 Å². The number of likely N-dealkylation sites (N-methyl/N-ethyl adjacent to an activating group) is 1. The molecule has 8 nitrogen and oxygen atoms in total. The predicted octanol–water partition coefficient (Wildman–Crippen LogP) is 3.69. The van der Waals surface area contributed by atoms with Gasteiger partial charge in [0.05, 0.1) is 36.0 Å². The van der Waals surface area contributed by atoms with Crippen molar-refractivity contribution in [2.45, 2.75) is 37.8 Å². The third-order valence-corrected chi connectivity index (χ3v) is 7.57. The van der Waals surface area contributed by atoms with Gasteiger partial charge < -0.3 is 14.4 Å². The lowest BCUT2D eigenvalue weighted by molar-refractivity contribution is 0.0515. The van der Waals surface area contributed by atoms with Crippen LogP contribution in [0.2, 0.25) is 0 Å². The molecule has 1 fully saturated rings. The van der Waals surface area contributed by atoms with Crippen LogP contribution in [0.25, 0.3) is 11.0 Å². The number of rotatable bonds is 3. The van der Waals surface area contributed by atoms with Crippen molar-refractivity contribution in [1.29, 1.82) is 0 Å². The lowest BCUT2D eigenvalue weighted by Crippen LogP contribution is -2.49. The van der Waals surface area contributed by atoms with Gasteiger partial charge in [0.2, 0.25) is 5.88 Å². The first-order valence-corrected chi connectivity index (χ1v) is 11.7. The molecule has 0 radical (unpaired) electrons. The molecular formula is C26H26N4O4. The molecule has 0 saturated heterocycles. The average molecular weight is 459 g/mol. The second-order valence-corrected chi connectivity index (χ2v) is 9.28. The fraction of sp³-hybridized carbons (Fsp3) is 0.385. The summed E-state index contributed by atoms with van der Waals surface area (Å²) in [7, 11) is 3.69. The lowest BCUT2D eigenvalue weighted by Gasteiger charge is -2.43. The van der Waals surface area contributed by atoms with E-state index in [0.29, 0.717) is 29.5 Å². The van der Waals surface area contributed by atoms with Gasteiger partial charge >= 0.3 is 0 Å². The quantitative estimate of drug-likeness (QED) is 0.554. The van der Waals surface area contributed by atoms with Crippen LogP contribution in [-0.4, -0.2) is 59.5 Å². The number of imide groups is 1. The highest BCUT2D eigenvalue weighted by atomic mass is 16.5. The van der Waals surface area contributed by atoms with E-state index in [9.17, 15) is 9.59 Å². The Labute approximate surface area is 197 Å². The summed E-state index contributed by atoms with van der Waals surface area (Å²) < 4.78 is 11.5. The van der Waals surface area contributed by atoms with Gasteiger partial charge in [-0.15, -0.1) is 0 Å². The molecule has 1 aromatic carbocycles. The molecule has 2 aromatic heterocycles. The largest absolute Gasteiger partial charge is 0.488 e. The summed E-state index contributed by atoms with van der Waals surface area (Å²) in [6, 6.07) is 11.0. The highest BCUT2D eigenvalue weighted by molar-refractivity contribution is 6.21. The SMILES string of the molecule is COc1ccc2ncc3c(c2n1)N(C)C(C1CCC(N2C(=O)c4ccccc4C2=O)CC1)CO3. The second kappa shape index (κ2) is 7.97. The maximum Gasteiger partial charge on any atom is 0.261 e. The number of pyridine rings is 2. The molecule has 2 aliphatic heterocycles. The second-order valence-electron chi connectivity index (χ2n) is 9.28. The lowest BCUT2D eigenvalue weighted by atomic mass is 9.80. The van der Waals surface area contributed by atoms with Crippen molar-refractivity contribution in [3.8, 4) is 11.6 Å². The summed E-state index contributed by atoms with van der Waals surface area (Å²) >= 11 is 0. The Morgan fingerprint density at radius 2 is 1.71 bits per heavy atom. The van der Waals surface area contributed by atoms with E-state index in [1.807, 2.05) is 24.3 Å². The van der Waals surface area contributed by atoms with Crippen molar-refractivity contribution in [2.75, 3.05) is 25.7 Å². The molecule has 4 heterocycles. The van der Waals surface area contributed by atoms with Crippen LogP contribution in [0.3, 0.4) is 0 Å². The highest BCUT2D eigenvalue weighted by Crippen LogP contribution is 2.42. The van der Waals surface area contributed by atoms with Crippen LogP contribution in [0.1, 0.15) is 46.4 Å². The molecular weight excluding hydrogens is 432 g/mol. The first kappa shape index (κ1) is 20.9. The topological polar surface area (TPSA) is 84.9 Å². The summed E-state index contributed by atoms with van der Waals surface area (Å²) in [6.45, 7) is 0.572. The number of aromatic nitrogens is 2. The van der Waals surface area contributed by atoms with Crippen LogP contribution in [-0.2, 0) is 0 Å². The molecule has 2 amide bonds. The maximum absolute atomic E-state index is 12.9. The van der Waals surface area contributed by atoms with Gasteiger partial charge in [-0.1, -0.05) is 12.1 Å².